The van der Waals surface area contributed by atoms with E-state index in [1.54, 1.807) is 0 Å². The molecule has 1 fully saturated rings. The highest BCUT2D eigenvalue weighted by atomic mass is 35.5. The molecule has 16 heavy (non-hydrogen) atoms. The molecular weight excluding hydrogens is 222 g/mol. The van der Waals surface area contributed by atoms with Gasteiger partial charge in [0.25, 0.3) is 0 Å². The molecule has 1 aromatic carbocycles. The lowest BCUT2D eigenvalue weighted by Crippen LogP contribution is -2.44. The third kappa shape index (κ3) is 3.11. The van der Waals surface area contributed by atoms with Crippen molar-refractivity contribution < 1.29 is 0 Å². The van der Waals surface area contributed by atoms with Crippen molar-refractivity contribution in [1.82, 2.24) is 10.2 Å². The van der Waals surface area contributed by atoms with Crippen molar-refractivity contribution in [3.05, 3.63) is 28.8 Å². The molecule has 2 rings (SSSR count). The molecule has 3 N–H and O–H groups in total. The van der Waals surface area contributed by atoms with Gasteiger partial charge in [-0.05, 0) is 24.1 Å². The monoisotopic (exact) mass is 239 g/mol. The van der Waals surface area contributed by atoms with E-state index in [4.69, 9.17) is 17.3 Å². The van der Waals surface area contributed by atoms with Gasteiger partial charge >= 0.3 is 0 Å². The molecule has 1 aromatic rings. The molecule has 0 aliphatic carbocycles. The maximum atomic E-state index is 5.89. The van der Waals surface area contributed by atoms with E-state index in [0.29, 0.717) is 10.7 Å². The minimum Gasteiger partial charge on any atom is -0.398 e. The predicted octanol–water partition coefficient (Wildman–Crippen LogP) is 1.37. The Morgan fingerprint density at radius 3 is 2.75 bits per heavy atom. The molecule has 0 aromatic heterocycles. The van der Waals surface area contributed by atoms with E-state index >= 15 is 0 Å². The molecular formula is C12H18ClN3. The molecule has 0 atom stereocenters. The van der Waals surface area contributed by atoms with Crippen molar-refractivity contribution >= 4 is 17.3 Å². The zero-order chi connectivity index (χ0) is 11.4. The summed E-state index contributed by atoms with van der Waals surface area (Å²) in [5.41, 5.74) is 7.72. The smallest absolute Gasteiger partial charge is 0.0635 e. The molecule has 0 radical (unpaired) electrons. The fourth-order valence-corrected chi connectivity index (χ4v) is 2.09. The van der Waals surface area contributed by atoms with Gasteiger partial charge in [-0.25, -0.2) is 0 Å². The molecule has 0 unspecified atom stereocenters. The van der Waals surface area contributed by atoms with Crippen LogP contribution in [0.2, 0.25) is 5.02 Å². The lowest BCUT2D eigenvalue weighted by molar-refractivity contribution is 0.244. The van der Waals surface area contributed by atoms with Crippen molar-refractivity contribution in [3.63, 3.8) is 0 Å². The quantitative estimate of drug-likeness (QED) is 0.783. The molecule has 4 heteroatoms. The number of nitrogens with two attached hydrogens (primary N) is 1. The van der Waals surface area contributed by atoms with Crippen LogP contribution in [0.1, 0.15) is 5.56 Å². The van der Waals surface area contributed by atoms with Gasteiger partial charge < -0.3 is 16.0 Å². The van der Waals surface area contributed by atoms with E-state index < -0.39 is 0 Å². The Morgan fingerprint density at radius 1 is 1.31 bits per heavy atom. The Labute approximate surface area is 102 Å². The van der Waals surface area contributed by atoms with Crippen LogP contribution < -0.4 is 11.1 Å². The lowest BCUT2D eigenvalue weighted by atomic mass is 10.1. The van der Waals surface area contributed by atoms with Gasteiger partial charge in [0.15, 0.2) is 0 Å². The van der Waals surface area contributed by atoms with Gasteiger partial charge in [-0.15, -0.1) is 0 Å². The summed E-state index contributed by atoms with van der Waals surface area (Å²) in [6.07, 6.45) is 1.04. The van der Waals surface area contributed by atoms with E-state index in [9.17, 15) is 0 Å². The number of hydrogen-bond acceptors (Lipinski definition) is 3. The predicted molar refractivity (Wildman–Crippen MR) is 68.9 cm³/mol. The fourth-order valence-electron chi connectivity index (χ4n) is 1.97. The number of anilines is 1. The first-order valence-corrected chi connectivity index (χ1v) is 6.10. The molecule has 0 saturated carbocycles. The Kier molecular flexibility index (Phi) is 4.04. The number of nitrogen functional groups attached to an aromatic ring is 1. The van der Waals surface area contributed by atoms with Gasteiger partial charge in [0, 0.05) is 32.7 Å². The van der Waals surface area contributed by atoms with Crippen molar-refractivity contribution in [1.29, 1.82) is 0 Å². The highest BCUT2D eigenvalue weighted by Crippen LogP contribution is 2.19. The van der Waals surface area contributed by atoms with Crippen LogP contribution in [0.4, 0.5) is 5.69 Å². The molecule has 88 valence electrons. The van der Waals surface area contributed by atoms with Crippen LogP contribution in [0, 0.1) is 0 Å². The summed E-state index contributed by atoms with van der Waals surface area (Å²) in [7, 11) is 0. The molecule has 0 amide bonds. The maximum absolute atomic E-state index is 5.89. The van der Waals surface area contributed by atoms with Gasteiger partial charge in [0.1, 0.15) is 0 Å². The number of rotatable bonds is 3. The van der Waals surface area contributed by atoms with Crippen molar-refractivity contribution in [3.8, 4) is 0 Å². The van der Waals surface area contributed by atoms with Crippen LogP contribution in [-0.4, -0.2) is 37.6 Å². The zero-order valence-electron chi connectivity index (χ0n) is 9.38. The minimum atomic E-state index is 0.644. The zero-order valence-corrected chi connectivity index (χ0v) is 10.1. The summed E-state index contributed by atoms with van der Waals surface area (Å²) in [5, 5.41) is 3.99. The second kappa shape index (κ2) is 5.53. The maximum Gasteiger partial charge on any atom is 0.0635 e. The normalized spacial score (nSPS) is 17.6. The number of benzene rings is 1. The highest BCUT2D eigenvalue weighted by molar-refractivity contribution is 6.33. The molecule has 0 spiro atoms. The molecule has 3 nitrogen and oxygen atoms in total. The Bertz CT molecular complexity index is 348. The Hall–Kier alpha value is -0.770. The molecule has 0 bridgehead atoms. The third-order valence-corrected chi connectivity index (χ3v) is 3.33. The van der Waals surface area contributed by atoms with E-state index in [2.05, 4.69) is 16.3 Å². The van der Waals surface area contributed by atoms with Crippen LogP contribution in [0.25, 0.3) is 0 Å². The van der Waals surface area contributed by atoms with Crippen LogP contribution >= 0.6 is 11.6 Å². The summed E-state index contributed by atoms with van der Waals surface area (Å²) in [6.45, 7) is 5.58. The number of nitrogens with zero attached hydrogens (tertiary/aromatic N) is 1. The molecule has 1 heterocycles. The average Bonchev–Trinajstić information content (AvgIpc) is 2.32. The Morgan fingerprint density at radius 2 is 2.06 bits per heavy atom. The van der Waals surface area contributed by atoms with Crippen molar-refractivity contribution in [2.24, 2.45) is 0 Å². The third-order valence-electron chi connectivity index (χ3n) is 2.99. The molecule has 1 aliphatic heterocycles. The average molecular weight is 240 g/mol. The topological polar surface area (TPSA) is 41.3 Å². The Balaban J connectivity index is 1.86. The van der Waals surface area contributed by atoms with Crippen LogP contribution in [0.3, 0.4) is 0 Å². The number of hydrogen-bond donors (Lipinski definition) is 2. The number of piperazine rings is 1. The van der Waals surface area contributed by atoms with Crippen LogP contribution in [0.15, 0.2) is 18.2 Å². The first kappa shape index (κ1) is 11.7. The molecule has 1 aliphatic rings. The second-order valence-corrected chi connectivity index (χ2v) is 4.60. The first-order valence-electron chi connectivity index (χ1n) is 5.73. The van der Waals surface area contributed by atoms with Gasteiger partial charge in [0.05, 0.1) is 10.7 Å². The first-order chi connectivity index (χ1) is 7.75. The SMILES string of the molecule is Nc1cc(CCN2CCNCC2)ccc1Cl. The fraction of sp³-hybridized carbons (Fsp3) is 0.500. The van der Waals surface area contributed by atoms with Crippen LogP contribution in [-0.2, 0) is 6.42 Å². The van der Waals surface area contributed by atoms with Crippen LogP contribution in [0.5, 0.6) is 0 Å². The van der Waals surface area contributed by atoms with Gasteiger partial charge in [-0.3, -0.25) is 0 Å². The van der Waals surface area contributed by atoms with Gasteiger partial charge in [-0.2, -0.15) is 0 Å². The number of halogens is 1. The lowest BCUT2D eigenvalue weighted by Gasteiger charge is -2.27. The summed E-state index contributed by atoms with van der Waals surface area (Å²) < 4.78 is 0. The molecule has 1 saturated heterocycles. The van der Waals surface area contributed by atoms with Gasteiger partial charge in [-0.1, -0.05) is 17.7 Å². The number of nitrogens with one attached hydrogen (secondary N) is 1. The summed E-state index contributed by atoms with van der Waals surface area (Å²) in [6, 6.07) is 5.91. The minimum absolute atomic E-state index is 0.644. The second-order valence-electron chi connectivity index (χ2n) is 4.20. The summed E-state index contributed by atoms with van der Waals surface area (Å²) in [5.74, 6) is 0. The van der Waals surface area contributed by atoms with E-state index in [1.165, 1.54) is 5.56 Å². The highest BCUT2D eigenvalue weighted by Gasteiger charge is 2.09. The van der Waals surface area contributed by atoms with Gasteiger partial charge in [0.2, 0.25) is 0 Å². The largest absolute Gasteiger partial charge is 0.398 e. The van der Waals surface area contributed by atoms with E-state index in [-0.39, 0.29) is 0 Å². The van der Waals surface area contributed by atoms with E-state index in [0.717, 1.165) is 39.1 Å². The van der Waals surface area contributed by atoms with Crippen molar-refractivity contribution in [2.75, 3.05) is 38.5 Å². The summed E-state index contributed by atoms with van der Waals surface area (Å²) >= 11 is 5.89. The standard InChI is InChI=1S/C12H18ClN3/c13-11-2-1-10(9-12(11)14)3-6-16-7-4-15-5-8-16/h1-2,9,15H,3-8,14H2. The summed E-state index contributed by atoms with van der Waals surface area (Å²) in [4.78, 5) is 2.47. The van der Waals surface area contributed by atoms with E-state index in [1.807, 2.05) is 12.1 Å². The van der Waals surface area contributed by atoms with Crippen molar-refractivity contribution in [2.45, 2.75) is 6.42 Å².